The summed E-state index contributed by atoms with van der Waals surface area (Å²) in [5.74, 6) is 4.21. The summed E-state index contributed by atoms with van der Waals surface area (Å²) in [6, 6.07) is -1.49. The van der Waals surface area contributed by atoms with Gasteiger partial charge in [0, 0.05) is 12.1 Å². The minimum Gasteiger partial charge on any atom is -0.358 e. The number of pyridine rings is 1. The lowest BCUT2D eigenvalue weighted by Crippen LogP contribution is -2.44. The van der Waals surface area contributed by atoms with E-state index in [2.05, 4.69) is 0 Å². The van der Waals surface area contributed by atoms with Gasteiger partial charge in [-0.2, -0.15) is 4.57 Å². The topological polar surface area (TPSA) is 59.0 Å². The minimum absolute atomic E-state index is 0. The van der Waals surface area contributed by atoms with Crippen molar-refractivity contribution >= 4 is 5.91 Å². The van der Waals surface area contributed by atoms with Crippen molar-refractivity contribution in [3.05, 3.63) is 37.9 Å². The summed E-state index contributed by atoms with van der Waals surface area (Å²) in [7, 11) is 0. The predicted octanol–water partition coefficient (Wildman–Crippen LogP) is -0.586. The molecule has 0 aliphatic carbocycles. The number of rotatable bonds is 2. The molecule has 0 unspecified atom stereocenters. The van der Waals surface area contributed by atoms with E-state index in [0.717, 1.165) is 4.57 Å². The van der Waals surface area contributed by atoms with E-state index in [1.807, 2.05) is 5.43 Å². The van der Waals surface area contributed by atoms with E-state index in [4.69, 9.17) is 12.7 Å². The van der Waals surface area contributed by atoms with Gasteiger partial charge in [0.1, 0.15) is 2.74 Å². The fourth-order valence-electron chi connectivity index (χ4n) is 0.518. The highest BCUT2D eigenvalue weighted by molar-refractivity contribution is 5.73. The molecule has 0 aromatic carbocycles. The van der Waals surface area contributed by atoms with E-state index in [1.165, 1.54) is 0 Å². The third-order valence-electron chi connectivity index (χ3n) is 0.969. The zero-order valence-corrected chi connectivity index (χ0v) is 6.64. The molecule has 0 fully saturated rings. The molecule has 0 radical (unpaired) electrons. The molecular weight excluding hydrogens is 154 g/mol. The first kappa shape index (κ1) is 4.57. The van der Waals surface area contributed by atoms with Crippen LogP contribution in [0, 0.1) is 7.43 Å². The number of nitrogens with zero attached hydrogens (tertiary/aromatic N) is 1. The highest BCUT2D eigenvalue weighted by Crippen LogP contribution is 1.75. The molecule has 1 rings (SSSR count). The Bertz CT molecular complexity index is 422. The average molecular weight is 172 g/mol. The first-order valence-electron chi connectivity index (χ1n) is 5.36. The molecule has 0 aliphatic rings. The summed E-state index contributed by atoms with van der Waals surface area (Å²) in [6.07, 6.45) is -0.927. The van der Waals surface area contributed by atoms with Gasteiger partial charge in [0.05, 0.1) is 4.11 Å². The van der Waals surface area contributed by atoms with Crippen LogP contribution in [-0.4, -0.2) is 5.91 Å². The largest absolute Gasteiger partial charge is 0.358 e. The van der Waals surface area contributed by atoms with Gasteiger partial charge in [-0.25, -0.2) is 5.84 Å². The number of nitrogens with two attached hydrogens (primary N) is 1. The van der Waals surface area contributed by atoms with Crippen molar-refractivity contribution in [2.24, 2.45) is 5.84 Å². The number of nitrogens with one attached hydrogen (secondary N) is 1. The van der Waals surface area contributed by atoms with Gasteiger partial charge in [-0.05, 0) is 0 Å². The van der Waals surface area contributed by atoms with E-state index < -0.39 is 42.9 Å². The lowest BCUT2D eigenvalue weighted by Gasteiger charge is -1.93. The Hall–Kier alpha value is -1.42. The Labute approximate surface area is 79.0 Å². The predicted molar refractivity (Wildman–Crippen MR) is 45.4 cm³/mol. The van der Waals surface area contributed by atoms with Crippen molar-refractivity contribution in [1.29, 1.82) is 0 Å². The van der Waals surface area contributed by atoms with Crippen LogP contribution in [0.5, 0.6) is 0 Å². The lowest BCUT2D eigenvalue weighted by molar-refractivity contribution is -0.684. The molecule has 0 saturated carbocycles. The van der Waals surface area contributed by atoms with E-state index in [-0.39, 0.29) is 7.43 Å². The van der Waals surface area contributed by atoms with Gasteiger partial charge in [0.25, 0.3) is 5.91 Å². The number of aromatic nitrogens is 1. The Morgan fingerprint density at radius 3 is 2.58 bits per heavy atom. The molecule has 0 aliphatic heterocycles. The molecule has 4 nitrogen and oxygen atoms in total. The molecule has 4 heteroatoms. The summed E-state index contributed by atoms with van der Waals surface area (Å²) in [5, 5.41) is 0. The van der Waals surface area contributed by atoms with Crippen molar-refractivity contribution in [3.8, 4) is 0 Å². The summed E-state index contributed by atoms with van der Waals surface area (Å²) in [5.41, 5.74) is 1.83. The van der Waals surface area contributed by atoms with E-state index >= 15 is 0 Å². The molecular formula is C8H13N3O. The van der Waals surface area contributed by atoms with Crippen LogP contribution in [-0.2, 0) is 11.3 Å². The van der Waals surface area contributed by atoms with Gasteiger partial charge in [0.2, 0.25) is 6.54 Å². The maximum Gasteiger partial charge on any atom is 0.299 e. The molecule has 0 atom stereocenters. The van der Waals surface area contributed by atoms with Gasteiger partial charge in [-0.15, -0.1) is 0 Å². The summed E-state index contributed by atoms with van der Waals surface area (Å²) >= 11 is 0. The smallest absolute Gasteiger partial charge is 0.299 e. The standard InChI is InChI=1S/C7H9N3O.CH3/c8-9-7(11)6-10-4-2-1-3-5-10;/h1-5H,6,8H2;1H3/q;-1/p+1/i1D,2D,3D,4D,5D;. The van der Waals surface area contributed by atoms with Gasteiger partial charge in [-0.3, -0.25) is 10.2 Å². The van der Waals surface area contributed by atoms with Gasteiger partial charge in [0.15, 0.2) is 12.3 Å². The third kappa shape index (κ3) is 3.12. The Kier molecular flexibility index (Phi) is 2.00. The van der Waals surface area contributed by atoms with Crippen molar-refractivity contribution < 1.29 is 16.2 Å². The molecule has 0 saturated heterocycles. The SMILES string of the molecule is [2H]c1c([2H])c([2H])[n+](CC(=O)NN)c([2H])c1[2H].[CH3-]. The van der Waals surface area contributed by atoms with Crippen LogP contribution in [0.1, 0.15) is 6.85 Å². The van der Waals surface area contributed by atoms with Crippen molar-refractivity contribution in [2.75, 3.05) is 0 Å². The zero-order chi connectivity index (χ0) is 12.5. The number of carbonyl (C=O) groups excluding carboxylic acids is 1. The fraction of sp³-hybridized carbons (Fsp3) is 0.125. The number of hydrogen-bond donors (Lipinski definition) is 2. The monoisotopic (exact) mass is 172 g/mol. The summed E-state index contributed by atoms with van der Waals surface area (Å²) in [6.45, 7) is -0.424. The second-order valence-electron chi connectivity index (χ2n) is 1.75. The zero-order valence-electron chi connectivity index (χ0n) is 11.6. The second kappa shape index (κ2) is 5.26. The van der Waals surface area contributed by atoms with Crippen LogP contribution >= 0.6 is 0 Å². The first-order valence-corrected chi connectivity index (χ1v) is 2.86. The number of hydrogen-bond acceptors (Lipinski definition) is 2. The van der Waals surface area contributed by atoms with E-state index in [0.29, 0.717) is 0 Å². The Morgan fingerprint density at radius 1 is 1.50 bits per heavy atom. The molecule has 1 aromatic rings. The maximum absolute atomic E-state index is 11.0. The molecule has 1 amide bonds. The molecule has 0 spiro atoms. The normalized spacial score (nSPS) is 14.2. The summed E-state index contributed by atoms with van der Waals surface area (Å²) in [4.78, 5) is 11.0. The van der Waals surface area contributed by atoms with Gasteiger partial charge < -0.3 is 7.43 Å². The van der Waals surface area contributed by atoms with Gasteiger partial charge >= 0.3 is 0 Å². The van der Waals surface area contributed by atoms with Crippen LogP contribution in [0.4, 0.5) is 0 Å². The van der Waals surface area contributed by atoms with Crippen molar-refractivity contribution in [2.45, 2.75) is 6.54 Å². The fourth-order valence-corrected chi connectivity index (χ4v) is 0.518. The van der Waals surface area contributed by atoms with Crippen LogP contribution in [0.15, 0.2) is 30.5 Å². The lowest BCUT2D eigenvalue weighted by atomic mass is 10.4. The quantitative estimate of drug-likeness (QED) is 0.206. The van der Waals surface area contributed by atoms with Crippen LogP contribution in [0.3, 0.4) is 0 Å². The average Bonchev–Trinajstić information content (AvgIpc) is 2.29. The molecule has 12 heavy (non-hydrogen) atoms. The highest BCUT2D eigenvalue weighted by atomic mass is 16.2. The first-order chi connectivity index (χ1) is 7.40. The Morgan fingerprint density at radius 2 is 2.08 bits per heavy atom. The molecule has 3 N–H and O–H groups in total. The van der Waals surface area contributed by atoms with Crippen molar-refractivity contribution in [1.82, 2.24) is 5.43 Å². The van der Waals surface area contributed by atoms with E-state index in [9.17, 15) is 4.79 Å². The van der Waals surface area contributed by atoms with E-state index in [1.54, 1.807) is 0 Å². The van der Waals surface area contributed by atoms with Crippen LogP contribution < -0.4 is 15.8 Å². The Balaban J connectivity index is 0.00000256. The number of hydrazine groups is 1. The molecule has 1 heterocycles. The highest BCUT2D eigenvalue weighted by Gasteiger charge is 2.04. The molecule has 0 bridgehead atoms. The van der Waals surface area contributed by atoms with Gasteiger partial charge in [-0.1, -0.05) is 6.04 Å². The molecule has 1 aromatic heterocycles. The number of carbonyl (C=O) groups is 1. The summed E-state index contributed by atoms with van der Waals surface area (Å²) < 4.78 is 37.8. The maximum atomic E-state index is 11.0. The van der Waals surface area contributed by atoms with Crippen molar-refractivity contribution in [3.63, 3.8) is 0 Å². The second-order valence-corrected chi connectivity index (χ2v) is 1.75. The minimum atomic E-state index is -0.650. The number of amides is 1. The van der Waals surface area contributed by atoms with Crippen LogP contribution in [0.25, 0.3) is 0 Å². The molecule has 66 valence electrons. The van der Waals surface area contributed by atoms with Crippen LogP contribution in [0.2, 0.25) is 0 Å². The third-order valence-corrected chi connectivity index (χ3v) is 0.969.